The summed E-state index contributed by atoms with van der Waals surface area (Å²) in [7, 11) is 0. The van der Waals surface area contributed by atoms with Gasteiger partial charge in [-0.05, 0) is 30.9 Å². The molecule has 1 heterocycles. The van der Waals surface area contributed by atoms with E-state index in [0.29, 0.717) is 24.0 Å². The minimum atomic E-state index is -0.187. The van der Waals surface area contributed by atoms with Gasteiger partial charge in [0.1, 0.15) is 11.6 Å². The average molecular weight is 280 g/mol. The normalized spacial score (nSPS) is 15.7. The number of benzene rings is 1. The van der Waals surface area contributed by atoms with Crippen LogP contribution in [-0.2, 0) is 0 Å². The summed E-state index contributed by atoms with van der Waals surface area (Å²) in [5.74, 6) is 1.13. The van der Waals surface area contributed by atoms with E-state index >= 15 is 0 Å². The monoisotopic (exact) mass is 280 g/mol. The van der Waals surface area contributed by atoms with E-state index in [-0.39, 0.29) is 5.82 Å². The molecule has 0 amide bonds. The molecule has 2 rings (SSSR count). The van der Waals surface area contributed by atoms with Crippen molar-refractivity contribution in [2.75, 3.05) is 37.7 Å². The molecule has 0 radical (unpaired) electrons. The largest absolute Gasteiger partial charge is 0.493 e. The number of hydrogen-bond acceptors (Lipinski definition) is 3. The quantitative estimate of drug-likeness (QED) is 0.811. The van der Waals surface area contributed by atoms with Crippen molar-refractivity contribution in [3.63, 3.8) is 0 Å². The summed E-state index contributed by atoms with van der Waals surface area (Å²) in [6.45, 7) is 8.57. The molecule has 0 aromatic heterocycles. The van der Waals surface area contributed by atoms with E-state index in [0.717, 1.165) is 39.0 Å². The minimum absolute atomic E-state index is 0.187. The lowest BCUT2D eigenvalue weighted by molar-refractivity contribution is 0.296. The molecule has 1 aromatic rings. The number of anilines is 1. The predicted octanol–water partition coefficient (Wildman–Crippen LogP) is 3.05. The SMILES string of the molecule is CC(C)CCCOc1ccc(N2CCNCC2)c(F)c1. The van der Waals surface area contributed by atoms with Crippen LogP contribution in [0.3, 0.4) is 0 Å². The fourth-order valence-electron chi connectivity index (χ4n) is 2.42. The first kappa shape index (κ1) is 15.1. The number of piperazine rings is 1. The third-order valence-corrected chi connectivity index (χ3v) is 3.57. The van der Waals surface area contributed by atoms with Crippen LogP contribution >= 0.6 is 0 Å². The first-order valence-electron chi connectivity index (χ1n) is 7.55. The van der Waals surface area contributed by atoms with Gasteiger partial charge in [0.15, 0.2) is 0 Å². The molecule has 0 saturated carbocycles. The van der Waals surface area contributed by atoms with Crippen molar-refractivity contribution < 1.29 is 9.13 Å². The second-order valence-corrected chi connectivity index (χ2v) is 5.73. The van der Waals surface area contributed by atoms with E-state index in [4.69, 9.17) is 4.74 Å². The lowest BCUT2D eigenvalue weighted by Gasteiger charge is -2.29. The molecule has 0 bridgehead atoms. The molecular formula is C16H25FN2O. The van der Waals surface area contributed by atoms with E-state index in [1.54, 1.807) is 0 Å². The van der Waals surface area contributed by atoms with Gasteiger partial charge in [-0.25, -0.2) is 4.39 Å². The maximum absolute atomic E-state index is 14.1. The van der Waals surface area contributed by atoms with Gasteiger partial charge in [0.05, 0.1) is 12.3 Å². The van der Waals surface area contributed by atoms with Gasteiger partial charge < -0.3 is 15.0 Å². The molecule has 4 heteroatoms. The van der Waals surface area contributed by atoms with Crippen LogP contribution in [0.15, 0.2) is 18.2 Å². The van der Waals surface area contributed by atoms with E-state index in [2.05, 4.69) is 24.1 Å². The Kier molecular flexibility index (Phi) is 5.65. The van der Waals surface area contributed by atoms with Crippen LogP contribution in [0.25, 0.3) is 0 Å². The average Bonchev–Trinajstić information content (AvgIpc) is 2.44. The zero-order valence-electron chi connectivity index (χ0n) is 12.5. The number of nitrogens with zero attached hydrogens (tertiary/aromatic N) is 1. The van der Waals surface area contributed by atoms with Crippen LogP contribution in [0.1, 0.15) is 26.7 Å². The molecule has 0 aliphatic carbocycles. The maximum Gasteiger partial charge on any atom is 0.150 e. The molecule has 0 unspecified atom stereocenters. The molecule has 1 aromatic carbocycles. The number of hydrogen-bond donors (Lipinski definition) is 1. The Hall–Kier alpha value is -1.29. The summed E-state index contributed by atoms with van der Waals surface area (Å²) in [6.07, 6.45) is 2.15. The maximum atomic E-state index is 14.1. The lowest BCUT2D eigenvalue weighted by Crippen LogP contribution is -2.43. The second-order valence-electron chi connectivity index (χ2n) is 5.73. The van der Waals surface area contributed by atoms with Crippen LogP contribution in [0.2, 0.25) is 0 Å². The van der Waals surface area contributed by atoms with Gasteiger partial charge in [-0.3, -0.25) is 0 Å². The molecular weight excluding hydrogens is 255 g/mol. The van der Waals surface area contributed by atoms with E-state index < -0.39 is 0 Å². The molecule has 112 valence electrons. The molecule has 0 atom stereocenters. The van der Waals surface area contributed by atoms with Crippen LogP contribution in [0.5, 0.6) is 5.75 Å². The molecule has 1 aliphatic rings. The summed E-state index contributed by atoms with van der Waals surface area (Å²) in [5, 5.41) is 3.27. The summed E-state index contributed by atoms with van der Waals surface area (Å²) in [5.41, 5.74) is 0.682. The van der Waals surface area contributed by atoms with Crippen molar-refractivity contribution in [1.82, 2.24) is 5.32 Å². The Bertz CT molecular complexity index is 417. The van der Waals surface area contributed by atoms with Gasteiger partial charge in [-0.2, -0.15) is 0 Å². The number of rotatable bonds is 6. The smallest absolute Gasteiger partial charge is 0.150 e. The first-order chi connectivity index (χ1) is 9.66. The summed E-state index contributed by atoms with van der Waals surface area (Å²) < 4.78 is 19.7. The van der Waals surface area contributed by atoms with E-state index in [1.807, 2.05) is 12.1 Å². The molecule has 3 nitrogen and oxygen atoms in total. The number of ether oxygens (including phenoxy) is 1. The van der Waals surface area contributed by atoms with Crippen molar-refractivity contribution in [3.8, 4) is 5.75 Å². The Morgan fingerprint density at radius 3 is 2.70 bits per heavy atom. The number of nitrogens with one attached hydrogen (secondary N) is 1. The molecule has 0 spiro atoms. The zero-order chi connectivity index (χ0) is 14.4. The highest BCUT2D eigenvalue weighted by Crippen LogP contribution is 2.24. The highest BCUT2D eigenvalue weighted by Gasteiger charge is 2.14. The highest BCUT2D eigenvalue weighted by molar-refractivity contribution is 5.51. The fourth-order valence-corrected chi connectivity index (χ4v) is 2.42. The van der Waals surface area contributed by atoms with Crippen LogP contribution in [-0.4, -0.2) is 32.8 Å². The van der Waals surface area contributed by atoms with Gasteiger partial charge in [0.2, 0.25) is 0 Å². The Morgan fingerprint density at radius 2 is 2.05 bits per heavy atom. The Labute approximate surface area is 121 Å². The van der Waals surface area contributed by atoms with Crippen molar-refractivity contribution in [1.29, 1.82) is 0 Å². The van der Waals surface area contributed by atoms with Gasteiger partial charge in [-0.1, -0.05) is 13.8 Å². The van der Waals surface area contributed by atoms with Crippen LogP contribution < -0.4 is 15.0 Å². The van der Waals surface area contributed by atoms with Gasteiger partial charge in [-0.15, -0.1) is 0 Å². The topological polar surface area (TPSA) is 24.5 Å². The predicted molar refractivity (Wildman–Crippen MR) is 81.0 cm³/mol. The van der Waals surface area contributed by atoms with Crippen molar-refractivity contribution >= 4 is 5.69 Å². The Balaban J connectivity index is 1.88. The van der Waals surface area contributed by atoms with Crippen molar-refractivity contribution in [2.24, 2.45) is 5.92 Å². The Morgan fingerprint density at radius 1 is 1.30 bits per heavy atom. The summed E-state index contributed by atoms with van der Waals surface area (Å²) in [6, 6.07) is 5.21. The minimum Gasteiger partial charge on any atom is -0.493 e. The third-order valence-electron chi connectivity index (χ3n) is 3.57. The van der Waals surface area contributed by atoms with Crippen LogP contribution in [0, 0.1) is 11.7 Å². The first-order valence-corrected chi connectivity index (χ1v) is 7.55. The van der Waals surface area contributed by atoms with E-state index in [9.17, 15) is 4.39 Å². The molecule has 1 aliphatic heterocycles. The van der Waals surface area contributed by atoms with Gasteiger partial charge in [0.25, 0.3) is 0 Å². The van der Waals surface area contributed by atoms with Gasteiger partial charge in [0, 0.05) is 32.2 Å². The van der Waals surface area contributed by atoms with Gasteiger partial charge >= 0.3 is 0 Å². The zero-order valence-corrected chi connectivity index (χ0v) is 12.5. The molecule has 1 saturated heterocycles. The highest BCUT2D eigenvalue weighted by atomic mass is 19.1. The van der Waals surface area contributed by atoms with E-state index in [1.165, 1.54) is 6.07 Å². The van der Waals surface area contributed by atoms with Crippen LogP contribution in [0.4, 0.5) is 10.1 Å². The summed E-state index contributed by atoms with van der Waals surface area (Å²) in [4.78, 5) is 2.08. The standard InChI is InChI=1S/C16H25FN2O/c1-13(2)4-3-11-20-14-5-6-16(15(17)12-14)19-9-7-18-8-10-19/h5-6,12-13,18H,3-4,7-11H2,1-2H3. The molecule has 20 heavy (non-hydrogen) atoms. The van der Waals surface area contributed by atoms with Crippen molar-refractivity contribution in [2.45, 2.75) is 26.7 Å². The lowest BCUT2D eigenvalue weighted by atomic mass is 10.1. The molecule has 1 N–H and O–H groups in total. The molecule has 1 fully saturated rings. The second kappa shape index (κ2) is 7.48. The number of halogens is 1. The fraction of sp³-hybridized carbons (Fsp3) is 0.625. The third kappa shape index (κ3) is 4.37. The summed E-state index contributed by atoms with van der Waals surface area (Å²) >= 11 is 0. The van der Waals surface area contributed by atoms with Crippen molar-refractivity contribution in [3.05, 3.63) is 24.0 Å².